The van der Waals surface area contributed by atoms with Gasteiger partial charge in [-0.15, -0.1) is 0 Å². The predicted molar refractivity (Wildman–Crippen MR) is 126 cm³/mol. The van der Waals surface area contributed by atoms with Gasteiger partial charge in [0.25, 0.3) is 0 Å². The number of aromatic nitrogens is 2. The fourth-order valence-electron chi connectivity index (χ4n) is 6.24. The molecule has 0 amide bonds. The number of ketones is 1. The van der Waals surface area contributed by atoms with Crippen molar-refractivity contribution in [2.24, 2.45) is 11.8 Å². The number of imidazole rings is 1. The molecule has 3 atom stereocenters. The van der Waals surface area contributed by atoms with Gasteiger partial charge in [-0.3, -0.25) is 4.79 Å². The molecule has 172 valence electrons. The van der Waals surface area contributed by atoms with Crippen molar-refractivity contribution < 1.29 is 15.0 Å². The Morgan fingerprint density at radius 2 is 2.06 bits per heavy atom. The van der Waals surface area contributed by atoms with Crippen LogP contribution in [0, 0.1) is 18.8 Å². The van der Waals surface area contributed by atoms with Crippen molar-refractivity contribution in [2.45, 2.75) is 78.1 Å². The Labute approximate surface area is 191 Å². The lowest BCUT2D eigenvalue weighted by molar-refractivity contribution is -0.124. The number of hydrogen-bond donors (Lipinski definition) is 2. The molecular formula is C27H36N2O3. The molecule has 2 aromatic rings. The van der Waals surface area contributed by atoms with Gasteiger partial charge >= 0.3 is 0 Å². The second-order valence-corrected chi connectivity index (χ2v) is 9.87. The molecule has 4 rings (SSSR count). The third kappa shape index (κ3) is 3.61. The number of aliphatic hydroxyl groups excluding tert-OH is 2. The second kappa shape index (κ2) is 8.86. The molecule has 2 aliphatic rings. The van der Waals surface area contributed by atoms with Crippen molar-refractivity contribution in [3.63, 3.8) is 0 Å². The standard InChI is InChI=1S/C27H36N2O3/c1-5-7-19-9-10-22(14-20(19)8-6-13-30)29-18(3)28-26-24(29)12-11-23-17(2)25(32)21(16-31)15-27(23,26)4/h9-10,14,16-17,23,30-31H,5-8,11-13,15H2,1-4H3/b21-16-/t17-,23-,27-/m0/s1. The van der Waals surface area contributed by atoms with E-state index in [1.807, 2.05) is 6.92 Å². The summed E-state index contributed by atoms with van der Waals surface area (Å²) in [5.41, 5.74) is 6.38. The first-order valence-corrected chi connectivity index (χ1v) is 12.0. The first-order chi connectivity index (χ1) is 15.3. The van der Waals surface area contributed by atoms with E-state index >= 15 is 0 Å². The van der Waals surface area contributed by atoms with Crippen molar-refractivity contribution in [3.8, 4) is 5.69 Å². The number of carbonyl (C=O) groups excluding carboxylic acids is 1. The van der Waals surface area contributed by atoms with Gasteiger partial charge in [-0.25, -0.2) is 4.98 Å². The summed E-state index contributed by atoms with van der Waals surface area (Å²) in [5.74, 6) is 1.17. The molecule has 0 bridgehead atoms. The van der Waals surface area contributed by atoms with Crippen LogP contribution in [-0.2, 0) is 29.5 Å². The third-order valence-electron chi connectivity index (χ3n) is 7.81. The Hall–Kier alpha value is -2.40. The molecule has 0 aliphatic heterocycles. The van der Waals surface area contributed by atoms with E-state index in [4.69, 9.17) is 4.98 Å². The quantitative estimate of drug-likeness (QED) is 0.497. The van der Waals surface area contributed by atoms with Gasteiger partial charge in [-0.1, -0.05) is 33.3 Å². The minimum Gasteiger partial charge on any atom is -0.515 e. The molecule has 2 aliphatic carbocycles. The van der Waals surface area contributed by atoms with Gasteiger partial charge in [0.1, 0.15) is 5.82 Å². The van der Waals surface area contributed by atoms with Gasteiger partial charge in [-0.2, -0.15) is 0 Å². The molecule has 5 nitrogen and oxygen atoms in total. The van der Waals surface area contributed by atoms with Gasteiger partial charge in [0, 0.05) is 34.9 Å². The molecular weight excluding hydrogens is 400 g/mol. The van der Waals surface area contributed by atoms with E-state index in [9.17, 15) is 15.0 Å². The maximum Gasteiger partial charge on any atom is 0.165 e. The van der Waals surface area contributed by atoms with E-state index in [0.29, 0.717) is 12.0 Å². The first kappa shape index (κ1) is 22.8. The number of allylic oxidation sites excluding steroid dienone is 1. The molecule has 32 heavy (non-hydrogen) atoms. The normalized spacial score (nSPS) is 26.3. The number of aliphatic hydroxyl groups is 2. The first-order valence-electron chi connectivity index (χ1n) is 12.0. The highest BCUT2D eigenvalue weighted by Gasteiger charge is 2.52. The summed E-state index contributed by atoms with van der Waals surface area (Å²) in [6, 6.07) is 6.71. The molecule has 1 aromatic heterocycles. The lowest BCUT2D eigenvalue weighted by Crippen LogP contribution is -2.48. The molecule has 2 N–H and O–H groups in total. The predicted octanol–water partition coefficient (Wildman–Crippen LogP) is 4.93. The van der Waals surface area contributed by atoms with Crippen LogP contribution in [0.5, 0.6) is 0 Å². The van der Waals surface area contributed by atoms with Crippen LogP contribution in [0.2, 0.25) is 0 Å². The zero-order valence-corrected chi connectivity index (χ0v) is 19.8. The van der Waals surface area contributed by atoms with Crippen molar-refractivity contribution in [3.05, 3.63) is 58.4 Å². The maximum absolute atomic E-state index is 12.7. The van der Waals surface area contributed by atoms with Crippen LogP contribution >= 0.6 is 0 Å². The van der Waals surface area contributed by atoms with E-state index in [1.54, 1.807) is 0 Å². The van der Waals surface area contributed by atoms with Gasteiger partial charge < -0.3 is 14.8 Å². The van der Waals surface area contributed by atoms with Crippen molar-refractivity contribution >= 4 is 5.78 Å². The summed E-state index contributed by atoms with van der Waals surface area (Å²) >= 11 is 0. The Bertz CT molecular complexity index is 1050. The van der Waals surface area contributed by atoms with Crippen LogP contribution in [0.4, 0.5) is 0 Å². The number of fused-ring (bicyclic) bond motifs is 3. The van der Waals surface area contributed by atoms with Gasteiger partial charge in [0.2, 0.25) is 0 Å². The van der Waals surface area contributed by atoms with E-state index < -0.39 is 0 Å². The van der Waals surface area contributed by atoms with Crippen LogP contribution in [0.3, 0.4) is 0 Å². The van der Waals surface area contributed by atoms with Gasteiger partial charge in [-0.05, 0) is 74.6 Å². The monoisotopic (exact) mass is 436 g/mol. The van der Waals surface area contributed by atoms with Crippen LogP contribution in [-0.4, -0.2) is 32.2 Å². The lowest BCUT2D eigenvalue weighted by Gasteiger charge is -2.47. The minimum absolute atomic E-state index is 0.0783. The molecule has 1 fully saturated rings. The zero-order valence-electron chi connectivity index (χ0n) is 19.8. The van der Waals surface area contributed by atoms with E-state index in [2.05, 4.69) is 43.5 Å². The summed E-state index contributed by atoms with van der Waals surface area (Å²) in [4.78, 5) is 17.8. The number of carbonyl (C=O) groups is 1. The zero-order chi connectivity index (χ0) is 23.0. The second-order valence-electron chi connectivity index (χ2n) is 9.87. The SMILES string of the molecule is CCCc1ccc(-n2c(C)nc3c2CC[C@H]2[C@H](C)C(=O)/C(=C\O)C[C@]32C)cc1CCCO. The van der Waals surface area contributed by atoms with Crippen molar-refractivity contribution in [1.29, 1.82) is 0 Å². The number of aryl methyl sites for hydroxylation is 3. The Balaban J connectivity index is 1.80. The molecule has 5 heteroatoms. The fraction of sp³-hybridized carbons (Fsp3) is 0.556. The average Bonchev–Trinajstić information content (AvgIpc) is 3.13. The lowest BCUT2D eigenvalue weighted by atomic mass is 9.56. The highest BCUT2D eigenvalue weighted by atomic mass is 16.3. The van der Waals surface area contributed by atoms with Gasteiger partial charge in [0.15, 0.2) is 5.78 Å². The van der Waals surface area contributed by atoms with E-state index in [1.165, 1.54) is 16.8 Å². The minimum atomic E-state index is -0.257. The average molecular weight is 437 g/mol. The van der Waals surface area contributed by atoms with Crippen LogP contribution in [0.25, 0.3) is 5.69 Å². The summed E-state index contributed by atoms with van der Waals surface area (Å²) in [7, 11) is 0. The molecule has 1 saturated carbocycles. The number of hydrogen-bond acceptors (Lipinski definition) is 4. The molecule has 0 saturated heterocycles. The van der Waals surface area contributed by atoms with Gasteiger partial charge in [0.05, 0.1) is 12.0 Å². The summed E-state index contributed by atoms with van der Waals surface area (Å²) in [6.45, 7) is 8.68. The van der Waals surface area contributed by atoms with Crippen LogP contribution < -0.4 is 0 Å². The number of Topliss-reactive ketones (excluding diaryl/α,β-unsaturated/α-hetero) is 1. The summed E-state index contributed by atoms with van der Waals surface area (Å²) in [5, 5.41) is 19.1. The number of rotatable bonds is 6. The summed E-state index contributed by atoms with van der Waals surface area (Å²) in [6.07, 6.45) is 7.19. The van der Waals surface area contributed by atoms with Crippen LogP contribution in [0.1, 0.15) is 74.8 Å². The van der Waals surface area contributed by atoms with E-state index in [-0.39, 0.29) is 29.6 Å². The molecule has 0 radical (unpaired) electrons. The topological polar surface area (TPSA) is 75.4 Å². The Morgan fingerprint density at radius 3 is 2.75 bits per heavy atom. The molecule has 1 aromatic carbocycles. The Kier molecular flexibility index (Phi) is 6.30. The van der Waals surface area contributed by atoms with Crippen molar-refractivity contribution in [1.82, 2.24) is 9.55 Å². The smallest absolute Gasteiger partial charge is 0.165 e. The third-order valence-corrected chi connectivity index (χ3v) is 7.81. The van der Waals surface area contributed by atoms with Crippen LogP contribution in [0.15, 0.2) is 30.0 Å². The highest BCUT2D eigenvalue weighted by Crippen LogP contribution is 2.52. The molecule has 1 heterocycles. The maximum atomic E-state index is 12.7. The molecule has 0 spiro atoms. The van der Waals surface area contributed by atoms with E-state index in [0.717, 1.165) is 62.0 Å². The highest BCUT2D eigenvalue weighted by molar-refractivity contribution is 5.98. The number of benzene rings is 1. The van der Waals surface area contributed by atoms with Crippen molar-refractivity contribution in [2.75, 3.05) is 6.61 Å². The Morgan fingerprint density at radius 1 is 1.28 bits per heavy atom. The fourth-order valence-corrected chi connectivity index (χ4v) is 6.24. The molecule has 0 unspecified atom stereocenters. The number of nitrogens with zero attached hydrogens (tertiary/aromatic N) is 2. The largest absolute Gasteiger partial charge is 0.515 e. The summed E-state index contributed by atoms with van der Waals surface area (Å²) < 4.78 is 2.29.